The minimum absolute atomic E-state index is 0.271. The number of nitrogens with zero attached hydrogens (tertiary/aromatic N) is 4. The number of aliphatic hydroxyl groups is 1. The molecule has 0 saturated carbocycles. The Morgan fingerprint density at radius 3 is 2.82 bits per heavy atom. The molecule has 1 saturated heterocycles. The van der Waals surface area contributed by atoms with Gasteiger partial charge in [0.05, 0.1) is 12.1 Å². The molecule has 0 amide bonds. The van der Waals surface area contributed by atoms with Crippen LogP contribution in [0.4, 0.5) is 0 Å². The van der Waals surface area contributed by atoms with Crippen LogP contribution in [0, 0.1) is 0 Å². The van der Waals surface area contributed by atoms with E-state index in [0.717, 1.165) is 19.5 Å². The SMILES string of the molecule is [N-]=[N+]=N[C@@H]1CCN(Cc2ccccc2)C[C@H]1O. The lowest BCUT2D eigenvalue weighted by Gasteiger charge is -2.33. The van der Waals surface area contributed by atoms with Crippen LogP contribution in [-0.2, 0) is 6.54 Å². The van der Waals surface area contributed by atoms with Crippen LogP contribution in [0.5, 0.6) is 0 Å². The van der Waals surface area contributed by atoms with Crippen LogP contribution in [0.25, 0.3) is 10.4 Å². The predicted octanol–water partition coefficient (Wildman–Crippen LogP) is 1.93. The number of rotatable bonds is 3. The zero-order valence-corrected chi connectivity index (χ0v) is 9.61. The summed E-state index contributed by atoms with van der Waals surface area (Å²) in [4.78, 5) is 4.95. The molecule has 2 atom stereocenters. The molecule has 1 heterocycles. The third-order valence-corrected chi connectivity index (χ3v) is 3.08. The van der Waals surface area contributed by atoms with Crippen molar-refractivity contribution in [1.29, 1.82) is 0 Å². The van der Waals surface area contributed by atoms with Gasteiger partial charge in [0.2, 0.25) is 0 Å². The van der Waals surface area contributed by atoms with Gasteiger partial charge in [-0.05, 0) is 24.1 Å². The molecule has 0 unspecified atom stereocenters. The van der Waals surface area contributed by atoms with E-state index < -0.39 is 6.10 Å². The van der Waals surface area contributed by atoms with Crippen LogP contribution < -0.4 is 0 Å². The Balaban J connectivity index is 1.91. The average Bonchev–Trinajstić information content (AvgIpc) is 2.34. The Morgan fingerprint density at radius 1 is 1.41 bits per heavy atom. The summed E-state index contributed by atoms with van der Waals surface area (Å²) in [5, 5.41) is 13.5. The van der Waals surface area contributed by atoms with Crippen molar-refractivity contribution >= 4 is 0 Å². The summed E-state index contributed by atoms with van der Waals surface area (Å²) in [6.45, 7) is 2.26. The van der Waals surface area contributed by atoms with E-state index in [2.05, 4.69) is 27.1 Å². The van der Waals surface area contributed by atoms with E-state index in [-0.39, 0.29) is 6.04 Å². The second-order valence-electron chi connectivity index (χ2n) is 4.35. The lowest BCUT2D eigenvalue weighted by Crippen LogP contribution is -2.45. The molecule has 1 aromatic carbocycles. The lowest BCUT2D eigenvalue weighted by molar-refractivity contribution is 0.0501. The van der Waals surface area contributed by atoms with Crippen LogP contribution in [0.3, 0.4) is 0 Å². The van der Waals surface area contributed by atoms with Crippen LogP contribution in [0.15, 0.2) is 35.4 Å². The lowest BCUT2D eigenvalue weighted by atomic mass is 10.0. The van der Waals surface area contributed by atoms with E-state index >= 15 is 0 Å². The Kier molecular flexibility index (Phi) is 3.98. The monoisotopic (exact) mass is 232 g/mol. The Hall–Kier alpha value is -1.55. The fourth-order valence-electron chi connectivity index (χ4n) is 2.17. The van der Waals surface area contributed by atoms with Gasteiger partial charge in [-0.2, -0.15) is 0 Å². The largest absolute Gasteiger partial charge is 0.391 e. The van der Waals surface area contributed by atoms with E-state index in [9.17, 15) is 5.11 Å². The molecule has 1 aromatic rings. The van der Waals surface area contributed by atoms with Crippen LogP contribution in [0.2, 0.25) is 0 Å². The maximum absolute atomic E-state index is 9.84. The molecule has 1 aliphatic rings. The molecular formula is C12H16N4O. The maximum atomic E-state index is 9.84. The van der Waals surface area contributed by atoms with E-state index in [1.807, 2.05) is 18.2 Å². The molecule has 5 nitrogen and oxygen atoms in total. The second-order valence-corrected chi connectivity index (χ2v) is 4.35. The quantitative estimate of drug-likeness (QED) is 0.491. The van der Waals surface area contributed by atoms with E-state index in [4.69, 9.17) is 5.53 Å². The topological polar surface area (TPSA) is 72.2 Å². The zero-order chi connectivity index (χ0) is 12.1. The normalized spacial score (nSPS) is 25.2. The van der Waals surface area contributed by atoms with Gasteiger partial charge in [0, 0.05) is 18.0 Å². The van der Waals surface area contributed by atoms with Gasteiger partial charge in [0.1, 0.15) is 0 Å². The summed E-state index contributed by atoms with van der Waals surface area (Å²) in [5.41, 5.74) is 9.61. The minimum atomic E-state index is -0.552. The van der Waals surface area contributed by atoms with Crippen molar-refractivity contribution in [2.24, 2.45) is 5.11 Å². The highest BCUT2D eigenvalue weighted by Gasteiger charge is 2.26. The Labute approximate surface area is 100 Å². The maximum Gasteiger partial charge on any atom is 0.0752 e. The van der Waals surface area contributed by atoms with Gasteiger partial charge in [-0.1, -0.05) is 35.4 Å². The first-order valence-corrected chi connectivity index (χ1v) is 5.78. The molecule has 90 valence electrons. The molecule has 0 spiro atoms. The van der Waals surface area contributed by atoms with E-state index in [1.54, 1.807) is 0 Å². The fourth-order valence-corrected chi connectivity index (χ4v) is 2.17. The Bertz CT molecular complexity index is 402. The molecule has 1 aliphatic heterocycles. The van der Waals surface area contributed by atoms with Crippen LogP contribution in [-0.4, -0.2) is 35.2 Å². The molecule has 0 aliphatic carbocycles. The number of piperidine rings is 1. The van der Waals surface area contributed by atoms with Crippen molar-refractivity contribution in [1.82, 2.24) is 4.90 Å². The second kappa shape index (κ2) is 5.68. The third-order valence-electron chi connectivity index (χ3n) is 3.08. The molecule has 0 radical (unpaired) electrons. The van der Waals surface area contributed by atoms with Crippen LogP contribution >= 0.6 is 0 Å². The summed E-state index contributed by atoms with van der Waals surface area (Å²) >= 11 is 0. The van der Waals surface area contributed by atoms with Crippen LogP contribution in [0.1, 0.15) is 12.0 Å². The van der Waals surface area contributed by atoms with Crippen molar-refractivity contribution in [3.05, 3.63) is 46.3 Å². The van der Waals surface area contributed by atoms with Gasteiger partial charge in [-0.3, -0.25) is 4.90 Å². The molecule has 2 rings (SSSR count). The molecule has 1 N–H and O–H groups in total. The standard InChI is InChI=1S/C12H16N4O/c13-15-14-11-6-7-16(9-12(11)17)8-10-4-2-1-3-5-10/h1-5,11-12,17H,6-9H2/t11-,12-/m1/s1. The van der Waals surface area contributed by atoms with Crippen molar-refractivity contribution < 1.29 is 5.11 Å². The Morgan fingerprint density at radius 2 is 2.18 bits per heavy atom. The minimum Gasteiger partial charge on any atom is -0.391 e. The van der Waals surface area contributed by atoms with Gasteiger partial charge >= 0.3 is 0 Å². The number of azide groups is 1. The highest BCUT2D eigenvalue weighted by molar-refractivity contribution is 5.14. The summed E-state index contributed by atoms with van der Waals surface area (Å²) in [6.07, 6.45) is 0.168. The summed E-state index contributed by atoms with van der Waals surface area (Å²) in [6, 6.07) is 9.90. The van der Waals surface area contributed by atoms with Gasteiger partial charge in [0.25, 0.3) is 0 Å². The van der Waals surface area contributed by atoms with Crippen molar-refractivity contribution in [2.75, 3.05) is 13.1 Å². The first kappa shape index (κ1) is 11.9. The molecule has 17 heavy (non-hydrogen) atoms. The third kappa shape index (κ3) is 3.20. The number of benzene rings is 1. The smallest absolute Gasteiger partial charge is 0.0752 e. The number of β-amino-alcohol motifs (C(OH)–C–C–N with tert-alkyl or cyclic N) is 1. The summed E-state index contributed by atoms with van der Waals surface area (Å²) < 4.78 is 0. The van der Waals surface area contributed by atoms with Gasteiger partial charge in [0.15, 0.2) is 0 Å². The molecule has 0 aromatic heterocycles. The predicted molar refractivity (Wildman–Crippen MR) is 65.3 cm³/mol. The first-order chi connectivity index (χ1) is 8.29. The summed E-state index contributed by atoms with van der Waals surface area (Å²) in [7, 11) is 0. The van der Waals surface area contributed by atoms with Gasteiger partial charge in [-0.25, -0.2) is 0 Å². The van der Waals surface area contributed by atoms with Gasteiger partial charge < -0.3 is 5.11 Å². The number of likely N-dealkylation sites (tertiary alicyclic amines) is 1. The summed E-state index contributed by atoms with van der Waals surface area (Å²) in [5.74, 6) is 0. The number of aliphatic hydroxyl groups excluding tert-OH is 1. The van der Waals surface area contributed by atoms with Crippen molar-refractivity contribution in [3.8, 4) is 0 Å². The van der Waals surface area contributed by atoms with Crippen molar-refractivity contribution in [3.63, 3.8) is 0 Å². The number of hydrogen-bond donors (Lipinski definition) is 1. The molecule has 5 heteroatoms. The zero-order valence-electron chi connectivity index (χ0n) is 9.61. The fraction of sp³-hybridized carbons (Fsp3) is 0.500. The first-order valence-electron chi connectivity index (χ1n) is 5.78. The van der Waals surface area contributed by atoms with E-state index in [1.165, 1.54) is 5.56 Å². The highest BCUT2D eigenvalue weighted by Crippen LogP contribution is 2.16. The number of hydrogen-bond acceptors (Lipinski definition) is 3. The molecule has 0 bridgehead atoms. The average molecular weight is 232 g/mol. The molecule has 1 fully saturated rings. The highest BCUT2D eigenvalue weighted by atomic mass is 16.3. The van der Waals surface area contributed by atoms with Gasteiger partial charge in [-0.15, -0.1) is 0 Å². The van der Waals surface area contributed by atoms with E-state index in [0.29, 0.717) is 6.54 Å². The van der Waals surface area contributed by atoms with Crippen molar-refractivity contribution in [2.45, 2.75) is 25.1 Å². The molecular weight excluding hydrogens is 216 g/mol.